The second-order valence-electron chi connectivity index (χ2n) is 4.07. The fourth-order valence-electron chi connectivity index (χ4n) is 1.44. The Kier molecular flexibility index (Phi) is 5.11. The molecule has 84 valence electrons. The molecule has 1 aromatic rings. The molecule has 3 N–H and O–H groups in total. The van der Waals surface area contributed by atoms with Crippen LogP contribution in [0.1, 0.15) is 31.9 Å². The van der Waals surface area contributed by atoms with Crippen LogP contribution in [-0.2, 0) is 0 Å². The molecule has 0 radical (unpaired) electrons. The third-order valence-corrected chi connectivity index (χ3v) is 3.84. The number of rotatable bonds is 3. The summed E-state index contributed by atoms with van der Waals surface area (Å²) in [5.74, 6) is 0.945. The molecule has 2 nitrogen and oxygen atoms in total. The van der Waals surface area contributed by atoms with Crippen molar-refractivity contribution in [2.45, 2.75) is 26.3 Å². The fraction of sp³-hybridized carbons (Fsp3) is 0.455. The molecule has 0 aromatic heterocycles. The molecule has 0 amide bonds. The van der Waals surface area contributed by atoms with Gasteiger partial charge in [0.2, 0.25) is 0 Å². The van der Waals surface area contributed by atoms with Gasteiger partial charge < -0.3 is 10.8 Å². The minimum Gasteiger partial charge on any atom is -0.506 e. The molecule has 1 atom stereocenters. The van der Waals surface area contributed by atoms with E-state index >= 15 is 0 Å². The predicted molar refractivity (Wildman–Crippen MR) is 79.9 cm³/mol. The van der Waals surface area contributed by atoms with E-state index in [1.54, 1.807) is 0 Å². The predicted octanol–water partition coefficient (Wildman–Crippen LogP) is 3.65. The Labute approximate surface area is 118 Å². The number of phenolic OH excluding ortho intramolecular Hbond substituents is 1. The van der Waals surface area contributed by atoms with E-state index in [-0.39, 0.29) is 6.04 Å². The topological polar surface area (TPSA) is 46.2 Å². The second-order valence-corrected chi connectivity index (χ2v) is 6.39. The zero-order valence-electron chi connectivity index (χ0n) is 8.80. The third kappa shape index (κ3) is 3.74. The van der Waals surface area contributed by atoms with Crippen molar-refractivity contribution in [1.82, 2.24) is 0 Å². The van der Waals surface area contributed by atoms with E-state index in [4.69, 9.17) is 5.73 Å². The van der Waals surface area contributed by atoms with Crippen molar-refractivity contribution in [3.05, 3.63) is 24.8 Å². The van der Waals surface area contributed by atoms with Crippen molar-refractivity contribution in [3.8, 4) is 5.75 Å². The van der Waals surface area contributed by atoms with Gasteiger partial charge >= 0.3 is 0 Å². The Balaban J connectivity index is 2.95. The number of nitrogens with two attached hydrogens (primary N) is 1. The molecule has 0 heterocycles. The van der Waals surface area contributed by atoms with Crippen molar-refractivity contribution in [2.75, 3.05) is 0 Å². The molecule has 0 unspecified atom stereocenters. The number of hydrogen-bond donors (Lipinski definition) is 2. The number of phenols is 1. The number of benzene rings is 1. The van der Waals surface area contributed by atoms with E-state index in [0.717, 1.165) is 19.1 Å². The van der Waals surface area contributed by atoms with Crippen molar-refractivity contribution in [3.63, 3.8) is 0 Å². The molecular weight excluding hydrogens is 416 g/mol. The van der Waals surface area contributed by atoms with E-state index in [2.05, 4.69) is 59.0 Å². The molecule has 0 saturated carbocycles. The minimum atomic E-state index is 0.0626. The van der Waals surface area contributed by atoms with Crippen LogP contribution in [0.25, 0.3) is 0 Å². The molecule has 0 fully saturated rings. The first kappa shape index (κ1) is 13.5. The van der Waals surface area contributed by atoms with E-state index in [1.165, 1.54) is 0 Å². The lowest BCUT2D eigenvalue weighted by atomic mass is 9.98. The fourth-order valence-corrected chi connectivity index (χ4v) is 3.26. The average molecular weight is 431 g/mol. The monoisotopic (exact) mass is 431 g/mol. The first-order valence-corrected chi connectivity index (χ1v) is 7.01. The van der Waals surface area contributed by atoms with Gasteiger partial charge in [-0.25, -0.2) is 0 Å². The van der Waals surface area contributed by atoms with Crippen LogP contribution >= 0.6 is 45.2 Å². The summed E-state index contributed by atoms with van der Waals surface area (Å²) in [6.45, 7) is 4.33. The quantitative estimate of drug-likeness (QED) is 0.719. The van der Waals surface area contributed by atoms with E-state index in [0.29, 0.717) is 11.7 Å². The zero-order valence-corrected chi connectivity index (χ0v) is 13.1. The van der Waals surface area contributed by atoms with Crippen LogP contribution in [-0.4, -0.2) is 5.11 Å². The molecule has 0 aliphatic heterocycles. The van der Waals surface area contributed by atoms with Crippen molar-refractivity contribution in [1.29, 1.82) is 0 Å². The average Bonchev–Trinajstić information content (AvgIpc) is 2.12. The molecule has 4 heteroatoms. The van der Waals surface area contributed by atoms with Gasteiger partial charge in [0.1, 0.15) is 5.75 Å². The second kappa shape index (κ2) is 5.67. The normalized spacial score (nSPS) is 13.2. The summed E-state index contributed by atoms with van der Waals surface area (Å²) >= 11 is 4.26. The molecule has 0 aliphatic carbocycles. The Morgan fingerprint density at radius 3 is 2.13 bits per heavy atom. The first-order valence-electron chi connectivity index (χ1n) is 4.85. The highest BCUT2D eigenvalue weighted by molar-refractivity contribution is 14.1. The first-order chi connectivity index (χ1) is 6.91. The lowest BCUT2D eigenvalue weighted by Crippen LogP contribution is -2.13. The van der Waals surface area contributed by atoms with Crippen LogP contribution in [0.3, 0.4) is 0 Å². The third-order valence-electron chi connectivity index (χ3n) is 2.19. The van der Waals surface area contributed by atoms with Crippen LogP contribution in [0.5, 0.6) is 5.75 Å². The van der Waals surface area contributed by atoms with E-state index in [1.807, 2.05) is 12.1 Å². The largest absolute Gasteiger partial charge is 0.506 e. The number of hydrogen-bond acceptors (Lipinski definition) is 2. The van der Waals surface area contributed by atoms with Gasteiger partial charge in [0.05, 0.1) is 7.14 Å². The van der Waals surface area contributed by atoms with Gasteiger partial charge in [-0.3, -0.25) is 0 Å². The van der Waals surface area contributed by atoms with Crippen LogP contribution in [0.15, 0.2) is 12.1 Å². The number of halogens is 2. The van der Waals surface area contributed by atoms with Gasteiger partial charge in [-0.05, 0) is 75.2 Å². The smallest absolute Gasteiger partial charge is 0.142 e. The van der Waals surface area contributed by atoms with Crippen LogP contribution in [0, 0.1) is 13.1 Å². The van der Waals surface area contributed by atoms with Crippen LogP contribution in [0.4, 0.5) is 0 Å². The van der Waals surface area contributed by atoms with Crippen molar-refractivity contribution in [2.24, 2.45) is 11.7 Å². The Hall–Kier alpha value is 0.440. The molecule has 1 rings (SSSR count). The maximum Gasteiger partial charge on any atom is 0.142 e. The zero-order chi connectivity index (χ0) is 11.6. The van der Waals surface area contributed by atoms with Crippen molar-refractivity contribution < 1.29 is 5.11 Å². The standard InChI is InChI=1S/C11H15I2NO/c1-6(2)3-10(14)7-4-8(12)11(15)9(13)5-7/h4-6,10,15H,3,14H2,1-2H3/t10-/m0/s1. The SMILES string of the molecule is CC(C)C[C@H](N)c1cc(I)c(O)c(I)c1. The Bertz CT molecular complexity index is 329. The maximum atomic E-state index is 9.64. The molecule has 0 aliphatic rings. The summed E-state index contributed by atoms with van der Waals surface area (Å²) < 4.78 is 1.74. The molecular formula is C11H15I2NO. The molecule has 1 aromatic carbocycles. The van der Waals surface area contributed by atoms with Gasteiger partial charge in [-0.2, -0.15) is 0 Å². The lowest BCUT2D eigenvalue weighted by Gasteiger charge is -2.15. The summed E-state index contributed by atoms with van der Waals surface area (Å²) in [4.78, 5) is 0. The van der Waals surface area contributed by atoms with Crippen LogP contribution in [0.2, 0.25) is 0 Å². The van der Waals surface area contributed by atoms with Gasteiger partial charge in [0, 0.05) is 6.04 Å². The summed E-state index contributed by atoms with van der Waals surface area (Å²) in [5, 5.41) is 9.64. The Morgan fingerprint density at radius 2 is 1.73 bits per heavy atom. The highest BCUT2D eigenvalue weighted by Crippen LogP contribution is 2.30. The number of aromatic hydroxyl groups is 1. The van der Waals surface area contributed by atoms with Gasteiger partial charge in [-0.1, -0.05) is 13.8 Å². The molecule has 0 bridgehead atoms. The Morgan fingerprint density at radius 1 is 1.27 bits per heavy atom. The summed E-state index contributed by atoms with van der Waals surface area (Å²) in [5.41, 5.74) is 7.20. The lowest BCUT2D eigenvalue weighted by molar-refractivity contribution is 0.465. The summed E-state index contributed by atoms with van der Waals surface area (Å²) in [6.07, 6.45) is 0.969. The van der Waals surface area contributed by atoms with E-state index < -0.39 is 0 Å². The highest BCUT2D eigenvalue weighted by atomic mass is 127. The maximum absolute atomic E-state index is 9.64. The molecule has 0 spiro atoms. The van der Waals surface area contributed by atoms with Crippen LogP contribution < -0.4 is 5.73 Å². The summed E-state index contributed by atoms with van der Waals surface area (Å²) in [7, 11) is 0. The summed E-state index contributed by atoms with van der Waals surface area (Å²) in [6, 6.07) is 3.99. The van der Waals surface area contributed by atoms with Gasteiger partial charge in [0.15, 0.2) is 0 Å². The molecule has 0 saturated heterocycles. The van der Waals surface area contributed by atoms with Gasteiger partial charge in [-0.15, -0.1) is 0 Å². The molecule has 15 heavy (non-hydrogen) atoms. The van der Waals surface area contributed by atoms with Crippen molar-refractivity contribution >= 4 is 45.2 Å². The van der Waals surface area contributed by atoms with E-state index in [9.17, 15) is 5.11 Å². The highest BCUT2D eigenvalue weighted by Gasteiger charge is 2.12. The minimum absolute atomic E-state index is 0.0626. The van der Waals surface area contributed by atoms with Gasteiger partial charge in [0.25, 0.3) is 0 Å².